The summed E-state index contributed by atoms with van der Waals surface area (Å²) in [6, 6.07) is 0. The third-order valence-electron chi connectivity index (χ3n) is 1.59. The van der Waals surface area contributed by atoms with Gasteiger partial charge in [0.05, 0.1) is 6.61 Å². The molecule has 2 rings (SSSR count). The van der Waals surface area contributed by atoms with Crippen molar-refractivity contribution in [3.8, 4) is 5.13 Å². The van der Waals surface area contributed by atoms with Gasteiger partial charge in [0.2, 0.25) is 5.13 Å². The Balaban J connectivity index is 2.21. The van der Waals surface area contributed by atoms with Crippen LogP contribution in [0.3, 0.4) is 0 Å². The van der Waals surface area contributed by atoms with Crippen molar-refractivity contribution in [2.24, 2.45) is 0 Å². The van der Waals surface area contributed by atoms with Crippen molar-refractivity contribution in [1.29, 1.82) is 0 Å². The molecule has 78 valence electrons. The van der Waals surface area contributed by atoms with E-state index in [1.165, 1.54) is 28.7 Å². The standard InChI is InChI=1S/C8H8N4O2S/c1-2-14-7(13)6-3-15-8(11-6)12-5-9-4-10-12/h3-5H,2H2,1H3. The van der Waals surface area contributed by atoms with Crippen LogP contribution < -0.4 is 0 Å². The molecule has 0 fully saturated rings. The first-order valence-corrected chi connectivity index (χ1v) is 5.17. The Kier molecular flexibility index (Phi) is 2.72. The summed E-state index contributed by atoms with van der Waals surface area (Å²) in [6.07, 6.45) is 2.93. The molecular weight excluding hydrogens is 216 g/mol. The summed E-state index contributed by atoms with van der Waals surface area (Å²) in [5.74, 6) is -0.417. The van der Waals surface area contributed by atoms with Gasteiger partial charge in [-0.2, -0.15) is 9.78 Å². The second-order valence-corrected chi connectivity index (χ2v) is 3.41. The second kappa shape index (κ2) is 4.18. The molecule has 0 spiro atoms. The van der Waals surface area contributed by atoms with Gasteiger partial charge in [0.25, 0.3) is 0 Å². The highest BCUT2D eigenvalue weighted by Gasteiger charge is 2.12. The number of ether oxygens (including phenoxy) is 1. The molecule has 0 aromatic carbocycles. The van der Waals surface area contributed by atoms with Crippen LogP contribution in [0.25, 0.3) is 5.13 Å². The molecule has 7 heteroatoms. The average molecular weight is 224 g/mol. The molecule has 0 saturated carbocycles. The van der Waals surface area contributed by atoms with Crippen molar-refractivity contribution in [1.82, 2.24) is 19.7 Å². The fourth-order valence-corrected chi connectivity index (χ4v) is 1.69. The Labute approximate surface area is 89.5 Å². The zero-order chi connectivity index (χ0) is 10.7. The largest absolute Gasteiger partial charge is 0.461 e. The zero-order valence-electron chi connectivity index (χ0n) is 7.95. The number of rotatable bonds is 3. The summed E-state index contributed by atoms with van der Waals surface area (Å²) in [6.45, 7) is 2.09. The summed E-state index contributed by atoms with van der Waals surface area (Å²) in [5, 5.41) is 6.13. The highest BCUT2D eigenvalue weighted by atomic mass is 32.1. The molecule has 2 aromatic heterocycles. The Hall–Kier alpha value is -1.76. The van der Waals surface area contributed by atoms with Gasteiger partial charge in [-0.05, 0) is 6.92 Å². The van der Waals surface area contributed by atoms with Gasteiger partial charge < -0.3 is 4.74 Å². The lowest BCUT2D eigenvalue weighted by atomic mass is 10.5. The molecule has 0 aliphatic carbocycles. The molecular formula is C8H8N4O2S. The lowest BCUT2D eigenvalue weighted by Gasteiger charge is -1.96. The van der Waals surface area contributed by atoms with Gasteiger partial charge in [-0.1, -0.05) is 0 Å². The average Bonchev–Trinajstić information content (AvgIpc) is 2.89. The van der Waals surface area contributed by atoms with E-state index in [-0.39, 0.29) is 0 Å². The molecule has 0 radical (unpaired) electrons. The number of thiazole rings is 1. The predicted molar refractivity (Wildman–Crippen MR) is 53.0 cm³/mol. The number of hydrogen-bond donors (Lipinski definition) is 0. The zero-order valence-corrected chi connectivity index (χ0v) is 8.77. The third kappa shape index (κ3) is 2.01. The first-order chi connectivity index (χ1) is 7.31. The Bertz CT molecular complexity index is 451. The van der Waals surface area contributed by atoms with Crippen LogP contribution in [-0.2, 0) is 4.74 Å². The number of carbonyl (C=O) groups is 1. The van der Waals surface area contributed by atoms with Crippen LogP contribution in [-0.4, -0.2) is 32.3 Å². The van der Waals surface area contributed by atoms with E-state index in [1.54, 1.807) is 12.3 Å². The van der Waals surface area contributed by atoms with Crippen molar-refractivity contribution in [2.45, 2.75) is 6.92 Å². The molecule has 2 heterocycles. The van der Waals surface area contributed by atoms with Crippen molar-refractivity contribution in [3.63, 3.8) is 0 Å². The van der Waals surface area contributed by atoms with Crippen LogP contribution in [0, 0.1) is 0 Å². The summed E-state index contributed by atoms with van der Waals surface area (Å²) < 4.78 is 6.31. The monoisotopic (exact) mass is 224 g/mol. The third-order valence-corrected chi connectivity index (χ3v) is 2.42. The molecule has 0 unspecified atom stereocenters. The summed E-state index contributed by atoms with van der Waals surface area (Å²) >= 11 is 1.31. The minimum absolute atomic E-state index is 0.298. The predicted octanol–water partition coefficient (Wildman–Crippen LogP) is 0.900. The normalized spacial score (nSPS) is 10.2. The summed E-state index contributed by atoms with van der Waals surface area (Å²) in [7, 11) is 0. The van der Waals surface area contributed by atoms with Crippen molar-refractivity contribution in [3.05, 3.63) is 23.7 Å². The number of carbonyl (C=O) groups excluding carboxylic acids is 1. The fourth-order valence-electron chi connectivity index (χ4n) is 0.975. The van der Waals surface area contributed by atoms with Crippen LogP contribution in [0.1, 0.15) is 17.4 Å². The van der Waals surface area contributed by atoms with Gasteiger partial charge in [-0.15, -0.1) is 11.3 Å². The van der Waals surface area contributed by atoms with Gasteiger partial charge >= 0.3 is 5.97 Å². The molecule has 0 N–H and O–H groups in total. The highest BCUT2D eigenvalue weighted by molar-refractivity contribution is 7.12. The van der Waals surface area contributed by atoms with E-state index in [0.717, 1.165) is 0 Å². The van der Waals surface area contributed by atoms with E-state index in [9.17, 15) is 4.79 Å². The van der Waals surface area contributed by atoms with Gasteiger partial charge in [0, 0.05) is 5.38 Å². The smallest absolute Gasteiger partial charge is 0.357 e. The van der Waals surface area contributed by atoms with Crippen LogP contribution in [0.4, 0.5) is 0 Å². The Morgan fingerprint density at radius 1 is 1.67 bits per heavy atom. The number of nitrogens with zero attached hydrogens (tertiary/aromatic N) is 4. The van der Waals surface area contributed by atoms with Gasteiger partial charge in [0.15, 0.2) is 5.69 Å². The number of hydrogen-bond acceptors (Lipinski definition) is 6. The summed E-state index contributed by atoms with van der Waals surface area (Å²) in [5.41, 5.74) is 0.298. The quantitative estimate of drug-likeness (QED) is 0.724. The van der Waals surface area contributed by atoms with Crippen LogP contribution >= 0.6 is 11.3 Å². The van der Waals surface area contributed by atoms with Gasteiger partial charge in [0.1, 0.15) is 12.7 Å². The Morgan fingerprint density at radius 3 is 3.20 bits per heavy atom. The first kappa shape index (κ1) is 9.78. The van der Waals surface area contributed by atoms with Crippen molar-refractivity contribution < 1.29 is 9.53 Å². The van der Waals surface area contributed by atoms with Crippen molar-refractivity contribution in [2.75, 3.05) is 6.61 Å². The fraction of sp³-hybridized carbons (Fsp3) is 0.250. The van der Waals surface area contributed by atoms with E-state index in [4.69, 9.17) is 4.74 Å². The molecule has 0 saturated heterocycles. The molecule has 0 aliphatic rings. The van der Waals surface area contributed by atoms with Crippen LogP contribution in [0.2, 0.25) is 0 Å². The van der Waals surface area contributed by atoms with E-state index in [0.29, 0.717) is 17.4 Å². The van der Waals surface area contributed by atoms with Crippen molar-refractivity contribution >= 4 is 17.3 Å². The van der Waals surface area contributed by atoms with Gasteiger partial charge in [-0.25, -0.2) is 14.8 Å². The first-order valence-electron chi connectivity index (χ1n) is 4.29. The maximum atomic E-state index is 11.3. The lowest BCUT2D eigenvalue weighted by molar-refractivity contribution is 0.0520. The van der Waals surface area contributed by atoms with E-state index < -0.39 is 5.97 Å². The molecule has 0 amide bonds. The Morgan fingerprint density at radius 2 is 2.53 bits per heavy atom. The SMILES string of the molecule is CCOC(=O)c1csc(-n2cncn2)n1. The molecule has 0 bridgehead atoms. The number of aromatic nitrogens is 4. The second-order valence-electron chi connectivity index (χ2n) is 2.58. The van der Waals surface area contributed by atoms with Crippen LogP contribution in [0.15, 0.2) is 18.0 Å². The minimum Gasteiger partial charge on any atom is -0.461 e. The number of esters is 1. The van der Waals surface area contributed by atoms with Crippen LogP contribution in [0.5, 0.6) is 0 Å². The van der Waals surface area contributed by atoms with E-state index >= 15 is 0 Å². The minimum atomic E-state index is -0.417. The molecule has 15 heavy (non-hydrogen) atoms. The highest BCUT2D eigenvalue weighted by Crippen LogP contribution is 2.13. The van der Waals surface area contributed by atoms with E-state index in [2.05, 4.69) is 15.1 Å². The summed E-state index contributed by atoms with van der Waals surface area (Å²) in [4.78, 5) is 19.2. The molecule has 2 aromatic rings. The van der Waals surface area contributed by atoms with Gasteiger partial charge in [-0.3, -0.25) is 0 Å². The maximum Gasteiger partial charge on any atom is 0.357 e. The maximum absolute atomic E-state index is 11.3. The lowest BCUT2D eigenvalue weighted by Crippen LogP contribution is -2.05. The topological polar surface area (TPSA) is 69.9 Å². The van der Waals surface area contributed by atoms with E-state index in [1.807, 2.05) is 0 Å². The molecule has 6 nitrogen and oxygen atoms in total. The molecule has 0 aliphatic heterocycles. The molecule has 0 atom stereocenters.